The van der Waals surface area contributed by atoms with Crippen LogP contribution in [0.5, 0.6) is 5.75 Å². The Bertz CT molecular complexity index is 1290. The molecule has 9 heteroatoms. The maximum atomic E-state index is 14.0. The van der Waals surface area contributed by atoms with Crippen LogP contribution in [0.25, 0.3) is 0 Å². The summed E-state index contributed by atoms with van der Waals surface area (Å²) in [5, 5.41) is 10.9. The number of Topliss-reactive ketones (excluding diaryl/α,β-unsaturated/α-hetero) is 1. The van der Waals surface area contributed by atoms with Crippen LogP contribution in [0, 0.1) is 23.5 Å². The largest absolute Gasteiger partial charge is 0.503 e. The highest BCUT2D eigenvalue weighted by Gasteiger charge is 2.48. The molecule has 7 nitrogen and oxygen atoms in total. The van der Waals surface area contributed by atoms with Gasteiger partial charge in [0.2, 0.25) is 5.43 Å². The van der Waals surface area contributed by atoms with E-state index in [1.54, 1.807) is 4.57 Å². The van der Waals surface area contributed by atoms with Crippen LogP contribution in [0.1, 0.15) is 72.4 Å². The molecule has 0 radical (unpaired) electrons. The number of hydrogen-bond acceptors (Lipinski definition) is 5. The predicted octanol–water partition coefficient (Wildman–Crippen LogP) is 3.96. The SMILES string of the molecule is CC(C)CN1C[C@@H]2CCCC[C@@H]2N2C(=O)c3c(O)c(=O)c(C(=O)CCc4ccc(F)cc4F)cn3C[C@@H]12. The maximum absolute atomic E-state index is 14.0. The lowest BCUT2D eigenvalue weighted by Gasteiger charge is -2.55. The van der Waals surface area contributed by atoms with Crippen molar-refractivity contribution in [2.24, 2.45) is 11.8 Å². The Hall–Kier alpha value is -3.07. The summed E-state index contributed by atoms with van der Waals surface area (Å²) in [6.45, 7) is 6.33. The number of carbonyl (C=O) groups excluding carboxylic acids is 2. The van der Waals surface area contributed by atoms with Gasteiger partial charge in [-0.2, -0.15) is 0 Å². The van der Waals surface area contributed by atoms with Crippen molar-refractivity contribution in [1.82, 2.24) is 14.4 Å². The molecule has 2 aliphatic heterocycles. The molecule has 37 heavy (non-hydrogen) atoms. The lowest BCUT2D eigenvalue weighted by molar-refractivity contribution is -0.0771. The fraction of sp³-hybridized carbons (Fsp3) is 0.536. The number of aryl methyl sites for hydroxylation is 1. The van der Waals surface area contributed by atoms with Crippen molar-refractivity contribution in [3.8, 4) is 5.75 Å². The second kappa shape index (κ2) is 10.0. The molecule has 1 aliphatic carbocycles. The topological polar surface area (TPSA) is 82.8 Å². The minimum Gasteiger partial charge on any atom is -0.503 e. The lowest BCUT2D eigenvalue weighted by Crippen LogP contribution is -2.68. The predicted molar refractivity (Wildman–Crippen MR) is 133 cm³/mol. The van der Waals surface area contributed by atoms with E-state index in [9.17, 15) is 28.3 Å². The molecule has 5 rings (SSSR count). The first kappa shape index (κ1) is 25.6. The Morgan fingerprint density at radius 3 is 2.62 bits per heavy atom. The normalized spacial score (nSPS) is 23.5. The number of aromatic nitrogens is 1. The molecule has 0 unspecified atom stereocenters. The number of hydrogen-bond donors (Lipinski definition) is 1. The fourth-order valence-corrected chi connectivity index (χ4v) is 6.36. The average Bonchev–Trinajstić information content (AvgIpc) is 2.85. The third-order valence-electron chi connectivity index (χ3n) is 8.03. The molecule has 1 saturated carbocycles. The summed E-state index contributed by atoms with van der Waals surface area (Å²) in [5.41, 5.74) is -1.03. The zero-order valence-electron chi connectivity index (χ0n) is 21.3. The third kappa shape index (κ3) is 4.69. The summed E-state index contributed by atoms with van der Waals surface area (Å²) in [4.78, 5) is 44.0. The van der Waals surface area contributed by atoms with Crippen molar-refractivity contribution >= 4 is 11.7 Å². The van der Waals surface area contributed by atoms with Crippen LogP contribution in [0.4, 0.5) is 8.78 Å². The van der Waals surface area contributed by atoms with Crippen LogP contribution < -0.4 is 5.43 Å². The first-order valence-electron chi connectivity index (χ1n) is 13.2. The number of aromatic hydroxyl groups is 1. The molecule has 1 saturated heterocycles. The number of benzene rings is 1. The molecule has 3 heterocycles. The Labute approximate surface area is 214 Å². The van der Waals surface area contributed by atoms with Gasteiger partial charge in [-0.25, -0.2) is 8.78 Å². The van der Waals surface area contributed by atoms with Crippen LogP contribution in [0.3, 0.4) is 0 Å². The van der Waals surface area contributed by atoms with Gasteiger partial charge in [0, 0.05) is 37.8 Å². The third-order valence-corrected chi connectivity index (χ3v) is 8.03. The minimum absolute atomic E-state index is 0.0204. The summed E-state index contributed by atoms with van der Waals surface area (Å²) in [6.07, 6.45) is 5.08. The van der Waals surface area contributed by atoms with Gasteiger partial charge in [-0.3, -0.25) is 19.3 Å². The molecule has 1 aromatic carbocycles. The van der Waals surface area contributed by atoms with Crippen LogP contribution in [-0.2, 0) is 13.0 Å². The van der Waals surface area contributed by atoms with Gasteiger partial charge in [-0.05, 0) is 42.7 Å². The second-order valence-electron chi connectivity index (χ2n) is 11.0. The molecule has 1 amide bonds. The Kier molecular flexibility index (Phi) is 6.91. The summed E-state index contributed by atoms with van der Waals surface area (Å²) in [7, 11) is 0. The Morgan fingerprint density at radius 2 is 1.89 bits per heavy atom. The van der Waals surface area contributed by atoms with E-state index >= 15 is 0 Å². The van der Waals surface area contributed by atoms with Gasteiger partial charge in [-0.1, -0.05) is 32.8 Å². The highest BCUT2D eigenvalue weighted by atomic mass is 19.1. The van der Waals surface area contributed by atoms with E-state index in [2.05, 4.69) is 18.7 Å². The number of halogens is 2. The number of nitrogens with zero attached hydrogens (tertiary/aromatic N) is 3. The van der Waals surface area contributed by atoms with E-state index < -0.39 is 28.6 Å². The van der Waals surface area contributed by atoms with E-state index in [0.717, 1.165) is 50.9 Å². The van der Waals surface area contributed by atoms with Gasteiger partial charge in [0.1, 0.15) is 17.8 Å². The van der Waals surface area contributed by atoms with Crippen LogP contribution in [-0.4, -0.2) is 56.5 Å². The Balaban J connectivity index is 1.46. The van der Waals surface area contributed by atoms with Crippen molar-refractivity contribution in [3.63, 3.8) is 0 Å². The van der Waals surface area contributed by atoms with Crippen molar-refractivity contribution in [1.29, 1.82) is 0 Å². The van der Waals surface area contributed by atoms with Crippen LogP contribution in [0.2, 0.25) is 0 Å². The summed E-state index contributed by atoms with van der Waals surface area (Å²) < 4.78 is 28.8. The first-order valence-corrected chi connectivity index (χ1v) is 13.2. The second-order valence-corrected chi connectivity index (χ2v) is 11.0. The fourth-order valence-electron chi connectivity index (χ4n) is 6.36. The molecule has 198 valence electrons. The van der Waals surface area contributed by atoms with E-state index in [1.165, 1.54) is 12.3 Å². The molecule has 3 aliphatic rings. The first-order chi connectivity index (χ1) is 17.7. The van der Waals surface area contributed by atoms with E-state index in [-0.39, 0.29) is 47.8 Å². The lowest BCUT2D eigenvalue weighted by atomic mass is 9.80. The standard InChI is InChI=1S/C28H33F2N3O4/c1-16(2)12-31-13-18-5-3-4-6-22(18)33-24(31)15-32-14-20(26(35)27(36)25(32)28(33)37)23(34)10-8-17-7-9-19(29)11-21(17)30/h7,9,11,14,16,18,22,24,36H,3-6,8,10,12-13,15H2,1-2H3/t18-,22-,24-/m0/s1. The highest BCUT2D eigenvalue weighted by Crippen LogP contribution is 2.39. The highest BCUT2D eigenvalue weighted by molar-refractivity contribution is 6.00. The summed E-state index contributed by atoms with van der Waals surface area (Å²) in [5.74, 6) is -2.36. The van der Waals surface area contributed by atoms with Gasteiger partial charge < -0.3 is 14.6 Å². The summed E-state index contributed by atoms with van der Waals surface area (Å²) >= 11 is 0. The quantitative estimate of drug-likeness (QED) is 0.592. The van der Waals surface area contributed by atoms with Gasteiger partial charge in [-0.15, -0.1) is 0 Å². The van der Waals surface area contributed by atoms with Crippen LogP contribution in [0.15, 0.2) is 29.2 Å². The molecule has 3 atom stereocenters. The van der Waals surface area contributed by atoms with Crippen molar-refractivity contribution in [3.05, 3.63) is 63.1 Å². The number of fused-ring (bicyclic) bond motifs is 4. The molecule has 0 spiro atoms. The zero-order valence-corrected chi connectivity index (χ0v) is 21.3. The maximum Gasteiger partial charge on any atom is 0.276 e. The number of rotatable bonds is 6. The zero-order chi connectivity index (χ0) is 26.4. The van der Waals surface area contributed by atoms with E-state index in [4.69, 9.17) is 0 Å². The van der Waals surface area contributed by atoms with Gasteiger partial charge in [0.25, 0.3) is 5.91 Å². The molecule has 0 bridgehead atoms. The monoisotopic (exact) mass is 513 g/mol. The smallest absolute Gasteiger partial charge is 0.276 e. The number of ketones is 1. The molecule has 2 aromatic rings. The van der Waals surface area contributed by atoms with Gasteiger partial charge >= 0.3 is 0 Å². The van der Waals surface area contributed by atoms with Crippen molar-refractivity contribution in [2.75, 3.05) is 13.1 Å². The summed E-state index contributed by atoms with van der Waals surface area (Å²) in [6, 6.07) is 3.21. The van der Waals surface area contributed by atoms with Gasteiger partial charge in [0.05, 0.1) is 12.1 Å². The van der Waals surface area contributed by atoms with E-state index in [1.807, 2.05) is 4.90 Å². The molecule has 1 aromatic heterocycles. The average molecular weight is 514 g/mol. The van der Waals surface area contributed by atoms with Crippen molar-refractivity contribution < 1.29 is 23.5 Å². The molecular formula is C28H33F2N3O4. The Morgan fingerprint density at radius 1 is 1.14 bits per heavy atom. The minimum atomic E-state index is -0.890. The number of carbonyl (C=O) groups is 2. The van der Waals surface area contributed by atoms with Crippen LogP contribution >= 0.6 is 0 Å². The molecule has 1 N–H and O–H groups in total. The van der Waals surface area contributed by atoms with E-state index in [0.29, 0.717) is 18.4 Å². The molecular weight excluding hydrogens is 480 g/mol. The van der Waals surface area contributed by atoms with Gasteiger partial charge in [0.15, 0.2) is 17.2 Å². The molecule has 2 fully saturated rings. The number of amides is 1. The van der Waals surface area contributed by atoms with Crippen molar-refractivity contribution in [2.45, 2.75) is 71.1 Å². The number of pyridine rings is 1.